The molecule has 0 amide bonds. The normalized spacial score (nSPS) is 11.3. The summed E-state index contributed by atoms with van der Waals surface area (Å²) in [5.41, 5.74) is 2.44. The fourth-order valence-corrected chi connectivity index (χ4v) is 2.01. The highest BCUT2D eigenvalue weighted by Crippen LogP contribution is 2.23. The maximum absolute atomic E-state index is 9.28. The van der Waals surface area contributed by atoms with E-state index in [0.717, 1.165) is 16.5 Å². The highest BCUT2D eigenvalue weighted by atomic mass is 16.4. The van der Waals surface area contributed by atoms with Crippen LogP contribution in [0.2, 0.25) is 0 Å². The minimum absolute atomic E-state index is 0.262. The first-order chi connectivity index (χ1) is 7.11. The van der Waals surface area contributed by atoms with Gasteiger partial charge < -0.3 is 15.0 Å². The van der Waals surface area contributed by atoms with Gasteiger partial charge in [0.2, 0.25) is 0 Å². The van der Waals surface area contributed by atoms with Crippen molar-refractivity contribution in [1.82, 2.24) is 4.98 Å². The molecule has 0 saturated heterocycles. The van der Waals surface area contributed by atoms with Gasteiger partial charge in [0.05, 0.1) is 0 Å². The molecular formula is C11H14BNO2. The molecule has 0 aliphatic rings. The molecule has 2 aromatic rings. The molecule has 0 unspecified atom stereocenters. The molecule has 0 spiro atoms. The second-order valence-corrected chi connectivity index (χ2v) is 4.03. The van der Waals surface area contributed by atoms with E-state index in [1.807, 2.05) is 38.1 Å². The summed E-state index contributed by atoms with van der Waals surface area (Å²) >= 11 is 0. The number of rotatable bonds is 2. The molecule has 3 N–H and O–H groups in total. The van der Waals surface area contributed by atoms with Crippen LogP contribution in [0.3, 0.4) is 0 Å². The van der Waals surface area contributed by atoms with E-state index in [0.29, 0.717) is 5.59 Å². The van der Waals surface area contributed by atoms with Gasteiger partial charge in [0.25, 0.3) is 0 Å². The Hall–Kier alpha value is -1.26. The van der Waals surface area contributed by atoms with E-state index < -0.39 is 7.12 Å². The number of benzene rings is 1. The smallest absolute Gasteiger partial charge is 0.422 e. The number of hydrogen-bond donors (Lipinski definition) is 3. The van der Waals surface area contributed by atoms with Crippen molar-refractivity contribution in [3.63, 3.8) is 0 Å². The molecule has 2 rings (SSSR count). The first-order valence-corrected chi connectivity index (χ1v) is 5.08. The van der Waals surface area contributed by atoms with Crippen molar-refractivity contribution in [3.05, 3.63) is 29.8 Å². The van der Waals surface area contributed by atoms with Gasteiger partial charge in [-0.15, -0.1) is 0 Å². The maximum atomic E-state index is 9.28. The third-order valence-electron chi connectivity index (χ3n) is 2.61. The predicted molar refractivity (Wildman–Crippen MR) is 62.2 cm³/mol. The third-order valence-corrected chi connectivity index (χ3v) is 2.61. The van der Waals surface area contributed by atoms with Crippen molar-refractivity contribution in [2.24, 2.45) is 0 Å². The number of fused-ring (bicyclic) bond motifs is 1. The van der Waals surface area contributed by atoms with E-state index in [4.69, 9.17) is 0 Å². The summed E-state index contributed by atoms with van der Waals surface area (Å²) in [6.07, 6.45) is 0. The standard InChI is InChI=1S/C11H14BNO2/c1-7(2)10-8-5-3-4-6-9(8)13-11(10)12(14)15/h3-7,13-15H,1-2H3. The Morgan fingerprint density at radius 3 is 2.47 bits per heavy atom. The average Bonchev–Trinajstić information content (AvgIpc) is 2.56. The van der Waals surface area contributed by atoms with E-state index >= 15 is 0 Å². The van der Waals surface area contributed by atoms with Crippen LogP contribution in [0.4, 0.5) is 0 Å². The topological polar surface area (TPSA) is 56.2 Å². The second kappa shape index (κ2) is 3.72. The summed E-state index contributed by atoms with van der Waals surface area (Å²) in [6, 6.07) is 7.81. The first-order valence-electron chi connectivity index (χ1n) is 5.08. The Bertz CT molecular complexity index is 476. The molecule has 15 heavy (non-hydrogen) atoms. The van der Waals surface area contributed by atoms with Crippen molar-refractivity contribution >= 4 is 23.6 Å². The molecule has 0 bridgehead atoms. The molecule has 1 aromatic carbocycles. The van der Waals surface area contributed by atoms with Gasteiger partial charge >= 0.3 is 7.12 Å². The molecule has 0 saturated carbocycles. The lowest BCUT2D eigenvalue weighted by Gasteiger charge is -2.07. The van der Waals surface area contributed by atoms with Crippen molar-refractivity contribution in [1.29, 1.82) is 0 Å². The third kappa shape index (κ3) is 1.66. The monoisotopic (exact) mass is 203 g/mol. The number of aromatic amines is 1. The van der Waals surface area contributed by atoms with Crippen molar-refractivity contribution in [2.75, 3.05) is 0 Å². The minimum atomic E-state index is -1.44. The van der Waals surface area contributed by atoms with E-state index in [-0.39, 0.29) is 5.92 Å². The Morgan fingerprint density at radius 1 is 1.20 bits per heavy atom. The van der Waals surface area contributed by atoms with Crippen LogP contribution in [-0.4, -0.2) is 22.2 Å². The van der Waals surface area contributed by atoms with Crippen LogP contribution in [0, 0.1) is 0 Å². The van der Waals surface area contributed by atoms with E-state index in [2.05, 4.69) is 4.98 Å². The van der Waals surface area contributed by atoms with E-state index in [1.54, 1.807) is 0 Å². The molecule has 0 aliphatic carbocycles. The maximum Gasteiger partial charge on any atom is 0.506 e. The van der Waals surface area contributed by atoms with Gasteiger partial charge in [0.1, 0.15) is 0 Å². The molecule has 3 nitrogen and oxygen atoms in total. The molecule has 0 radical (unpaired) electrons. The van der Waals surface area contributed by atoms with Crippen LogP contribution in [0.15, 0.2) is 24.3 Å². The molecule has 0 fully saturated rings. The van der Waals surface area contributed by atoms with Gasteiger partial charge in [-0.2, -0.15) is 0 Å². The van der Waals surface area contributed by atoms with Gasteiger partial charge in [-0.25, -0.2) is 0 Å². The van der Waals surface area contributed by atoms with E-state index in [1.165, 1.54) is 0 Å². The number of nitrogens with one attached hydrogen (secondary N) is 1. The number of H-pyrrole nitrogens is 1. The summed E-state index contributed by atoms with van der Waals surface area (Å²) in [6.45, 7) is 4.09. The van der Waals surface area contributed by atoms with Crippen LogP contribution >= 0.6 is 0 Å². The van der Waals surface area contributed by atoms with Crippen molar-refractivity contribution in [2.45, 2.75) is 19.8 Å². The Labute approximate surface area is 88.9 Å². The molecule has 4 heteroatoms. The van der Waals surface area contributed by atoms with Crippen LogP contribution in [0.25, 0.3) is 10.9 Å². The quantitative estimate of drug-likeness (QED) is 0.637. The molecule has 0 atom stereocenters. The zero-order valence-corrected chi connectivity index (χ0v) is 8.86. The number of hydrogen-bond acceptors (Lipinski definition) is 2. The predicted octanol–water partition coefficient (Wildman–Crippen LogP) is 0.971. The van der Waals surface area contributed by atoms with Gasteiger partial charge in [-0.1, -0.05) is 32.0 Å². The molecular weight excluding hydrogens is 189 g/mol. The summed E-state index contributed by atoms with van der Waals surface area (Å²) in [4.78, 5) is 3.04. The molecule has 0 aliphatic heterocycles. The Kier molecular flexibility index (Phi) is 2.55. The lowest BCUT2D eigenvalue weighted by Crippen LogP contribution is -2.34. The van der Waals surface area contributed by atoms with Crippen LogP contribution in [-0.2, 0) is 0 Å². The van der Waals surface area contributed by atoms with Gasteiger partial charge in [-0.05, 0) is 17.5 Å². The summed E-state index contributed by atoms with van der Waals surface area (Å²) in [7, 11) is -1.44. The zero-order chi connectivity index (χ0) is 11.0. The fraction of sp³-hybridized carbons (Fsp3) is 0.273. The lowest BCUT2D eigenvalue weighted by atomic mass is 9.80. The molecule has 78 valence electrons. The van der Waals surface area contributed by atoms with Gasteiger partial charge in [0.15, 0.2) is 0 Å². The van der Waals surface area contributed by atoms with Crippen LogP contribution in [0.5, 0.6) is 0 Å². The number of aromatic nitrogens is 1. The molecule has 1 aromatic heterocycles. The van der Waals surface area contributed by atoms with E-state index in [9.17, 15) is 10.0 Å². The highest BCUT2D eigenvalue weighted by molar-refractivity contribution is 6.59. The summed E-state index contributed by atoms with van der Waals surface area (Å²) < 4.78 is 0. The Balaban J connectivity index is 2.75. The van der Waals surface area contributed by atoms with Gasteiger partial charge in [0, 0.05) is 16.5 Å². The summed E-state index contributed by atoms with van der Waals surface area (Å²) in [5.74, 6) is 0.262. The first kappa shape index (κ1) is 10.3. The lowest BCUT2D eigenvalue weighted by molar-refractivity contribution is 0.424. The fourth-order valence-electron chi connectivity index (χ4n) is 2.01. The summed E-state index contributed by atoms with van der Waals surface area (Å²) in [5, 5.41) is 19.6. The van der Waals surface area contributed by atoms with Crippen molar-refractivity contribution in [3.8, 4) is 0 Å². The second-order valence-electron chi connectivity index (χ2n) is 4.03. The Morgan fingerprint density at radius 2 is 1.87 bits per heavy atom. The largest absolute Gasteiger partial charge is 0.506 e. The van der Waals surface area contributed by atoms with Crippen molar-refractivity contribution < 1.29 is 10.0 Å². The van der Waals surface area contributed by atoms with Gasteiger partial charge in [-0.3, -0.25) is 0 Å². The average molecular weight is 203 g/mol. The van der Waals surface area contributed by atoms with Crippen LogP contribution < -0.4 is 5.59 Å². The van der Waals surface area contributed by atoms with Crippen LogP contribution in [0.1, 0.15) is 25.3 Å². The minimum Gasteiger partial charge on any atom is -0.422 e. The number of para-hydroxylation sites is 1. The SMILES string of the molecule is CC(C)c1c(B(O)O)[nH]c2ccccc12. The highest BCUT2D eigenvalue weighted by Gasteiger charge is 2.22. The zero-order valence-electron chi connectivity index (χ0n) is 8.86. The molecule has 1 heterocycles.